The smallest absolute Gasteiger partial charge is 0.344 e. The zero-order valence-corrected chi connectivity index (χ0v) is 11.1. The summed E-state index contributed by atoms with van der Waals surface area (Å²) < 4.78 is 5.27. The SMILES string of the molecule is O=C(Oc1ccnc(-c2ccccc2)n1)c1ccccc1. The Kier molecular flexibility index (Phi) is 3.69. The topological polar surface area (TPSA) is 52.1 Å². The Morgan fingerprint density at radius 3 is 2.24 bits per heavy atom. The van der Waals surface area contributed by atoms with Crippen molar-refractivity contribution < 1.29 is 9.53 Å². The molecule has 2 aromatic carbocycles. The molecule has 0 saturated carbocycles. The second-order valence-corrected chi connectivity index (χ2v) is 4.34. The highest BCUT2D eigenvalue weighted by molar-refractivity contribution is 5.90. The van der Waals surface area contributed by atoms with E-state index in [1.165, 1.54) is 0 Å². The van der Waals surface area contributed by atoms with Gasteiger partial charge in [-0.2, -0.15) is 4.98 Å². The molecule has 0 aliphatic rings. The number of carbonyl (C=O) groups excluding carboxylic acids is 1. The Morgan fingerprint density at radius 1 is 0.857 bits per heavy atom. The van der Waals surface area contributed by atoms with Crippen molar-refractivity contribution in [3.8, 4) is 17.3 Å². The van der Waals surface area contributed by atoms with E-state index >= 15 is 0 Å². The van der Waals surface area contributed by atoms with E-state index < -0.39 is 5.97 Å². The van der Waals surface area contributed by atoms with Crippen LogP contribution in [0, 0.1) is 0 Å². The molecule has 0 radical (unpaired) electrons. The molecule has 0 aliphatic carbocycles. The molecule has 0 N–H and O–H groups in total. The molecule has 4 nitrogen and oxygen atoms in total. The third-order valence-electron chi connectivity index (χ3n) is 2.87. The van der Waals surface area contributed by atoms with E-state index in [0.717, 1.165) is 5.56 Å². The first-order chi connectivity index (χ1) is 10.3. The van der Waals surface area contributed by atoms with Crippen molar-refractivity contribution in [3.63, 3.8) is 0 Å². The predicted octanol–water partition coefficient (Wildman–Crippen LogP) is 3.36. The molecule has 21 heavy (non-hydrogen) atoms. The quantitative estimate of drug-likeness (QED) is 0.688. The molecule has 1 heterocycles. The minimum atomic E-state index is -0.437. The Balaban J connectivity index is 1.83. The number of benzene rings is 2. The molecule has 0 atom stereocenters. The summed E-state index contributed by atoms with van der Waals surface area (Å²) in [6.07, 6.45) is 1.57. The zero-order valence-electron chi connectivity index (χ0n) is 11.1. The molecule has 0 saturated heterocycles. The zero-order chi connectivity index (χ0) is 14.5. The summed E-state index contributed by atoms with van der Waals surface area (Å²) in [4.78, 5) is 20.4. The maximum Gasteiger partial charge on any atom is 0.344 e. The van der Waals surface area contributed by atoms with Crippen LogP contribution >= 0.6 is 0 Å². The van der Waals surface area contributed by atoms with Crippen LogP contribution in [0.5, 0.6) is 5.88 Å². The second kappa shape index (κ2) is 5.96. The third-order valence-corrected chi connectivity index (χ3v) is 2.87. The molecular formula is C17H12N2O2. The highest BCUT2D eigenvalue weighted by Gasteiger charge is 2.10. The first kappa shape index (κ1) is 13.0. The maximum atomic E-state index is 12.0. The van der Waals surface area contributed by atoms with Crippen molar-refractivity contribution in [1.29, 1.82) is 0 Å². The first-order valence-electron chi connectivity index (χ1n) is 6.48. The molecule has 0 amide bonds. The van der Waals surface area contributed by atoms with Crippen molar-refractivity contribution in [2.24, 2.45) is 0 Å². The van der Waals surface area contributed by atoms with Gasteiger partial charge in [-0.15, -0.1) is 0 Å². The number of ether oxygens (including phenoxy) is 1. The van der Waals surface area contributed by atoms with Crippen molar-refractivity contribution in [1.82, 2.24) is 9.97 Å². The number of hydrogen-bond donors (Lipinski definition) is 0. The molecule has 0 fully saturated rings. The fourth-order valence-electron chi connectivity index (χ4n) is 1.85. The lowest BCUT2D eigenvalue weighted by Gasteiger charge is -2.05. The van der Waals surface area contributed by atoms with Crippen molar-refractivity contribution in [3.05, 3.63) is 78.5 Å². The molecule has 0 spiro atoms. The van der Waals surface area contributed by atoms with Gasteiger partial charge in [-0.1, -0.05) is 48.5 Å². The summed E-state index contributed by atoms with van der Waals surface area (Å²) >= 11 is 0. The Labute approximate surface area is 122 Å². The van der Waals surface area contributed by atoms with E-state index in [0.29, 0.717) is 11.4 Å². The molecule has 4 heteroatoms. The lowest BCUT2D eigenvalue weighted by molar-refractivity contribution is 0.0727. The van der Waals surface area contributed by atoms with E-state index in [9.17, 15) is 4.79 Å². The highest BCUT2D eigenvalue weighted by Crippen LogP contribution is 2.17. The van der Waals surface area contributed by atoms with E-state index in [2.05, 4.69) is 9.97 Å². The average molecular weight is 276 g/mol. The second-order valence-electron chi connectivity index (χ2n) is 4.34. The average Bonchev–Trinajstić information content (AvgIpc) is 2.57. The lowest BCUT2D eigenvalue weighted by atomic mass is 10.2. The van der Waals surface area contributed by atoms with Crippen LogP contribution in [0.15, 0.2) is 72.9 Å². The van der Waals surface area contributed by atoms with Gasteiger partial charge in [0.2, 0.25) is 5.88 Å². The molecule has 102 valence electrons. The molecular weight excluding hydrogens is 264 g/mol. The summed E-state index contributed by atoms with van der Waals surface area (Å²) in [5.41, 5.74) is 1.35. The fraction of sp³-hybridized carbons (Fsp3) is 0. The summed E-state index contributed by atoms with van der Waals surface area (Å²) in [5, 5.41) is 0. The van der Waals surface area contributed by atoms with Gasteiger partial charge in [0.25, 0.3) is 0 Å². The van der Waals surface area contributed by atoms with Crippen LogP contribution in [0.3, 0.4) is 0 Å². The summed E-state index contributed by atoms with van der Waals surface area (Å²) in [6, 6.07) is 19.9. The molecule has 0 bridgehead atoms. The van der Waals surface area contributed by atoms with Crippen LogP contribution < -0.4 is 4.74 Å². The lowest BCUT2D eigenvalue weighted by Crippen LogP contribution is -2.09. The van der Waals surface area contributed by atoms with Crippen LogP contribution in [0.1, 0.15) is 10.4 Å². The van der Waals surface area contributed by atoms with Crippen molar-refractivity contribution >= 4 is 5.97 Å². The monoisotopic (exact) mass is 276 g/mol. The summed E-state index contributed by atoms with van der Waals surface area (Å²) in [6.45, 7) is 0. The van der Waals surface area contributed by atoms with Gasteiger partial charge in [0.15, 0.2) is 5.82 Å². The van der Waals surface area contributed by atoms with Gasteiger partial charge in [0.1, 0.15) is 0 Å². The fourth-order valence-corrected chi connectivity index (χ4v) is 1.85. The Bertz CT molecular complexity index is 743. The number of carbonyl (C=O) groups is 1. The molecule has 0 unspecified atom stereocenters. The number of aromatic nitrogens is 2. The standard InChI is InChI=1S/C17H12N2O2/c20-17(14-9-5-2-6-10-14)21-15-11-12-18-16(19-15)13-7-3-1-4-8-13/h1-12H. The molecule has 1 aromatic heterocycles. The van der Waals surface area contributed by atoms with Gasteiger partial charge in [0.05, 0.1) is 5.56 Å². The van der Waals surface area contributed by atoms with Gasteiger partial charge in [-0.3, -0.25) is 0 Å². The third kappa shape index (κ3) is 3.12. The van der Waals surface area contributed by atoms with Gasteiger partial charge in [-0.25, -0.2) is 9.78 Å². The van der Waals surface area contributed by atoms with Crippen molar-refractivity contribution in [2.45, 2.75) is 0 Å². The normalized spacial score (nSPS) is 10.1. The number of hydrogen-bond acceptors (Lipinski definition) is 4. The Morgan fingerprint density at radius 2 is 1.52 bits per heavy atom. The molecule has 3 rings (SSSR count). The summed E-state index contributed by atoms with van der Waals surface area (Å²) in [7, 11) is 0. The van der Waals surface area contributed by atoms with Crippen LogP contribution in [-0.2, 0) is 0 Å². The number of rotatable bonds is 3. The van der Waals surface area contributed by atoms with Gasteiger partial charge in [-0.05, 0) is 12.1 Å². The highest BCUT2D eigenvalue weighted by atomic mass is 16.5. The van der Waals surface area contributed by atoms with Crippen LogP contribution in [0.4, 0.5) is 0 Å². The van der Waals surface area contributed by atoms with Gasteiger partial charge in [0, 0.05) is 17.8 Å². The van der Waals surface area contributed by atoms with Gasteiger partial charge < -0.3 is 4.74 Å². The number of esters is 1. The first-order valence-corrected chi connectivity index (χ1v) is 6.48. The van der Waals surface area contributed by atoms with Crippen LogP contribution in [0.2, 0.25) is 0 Å². The Hall–Kier alpha value is -3.01. The van der Waals surface area contributed by atoms with Crippen LogP contribution in [0.25, 0.3) is 11.4 Å². The number of nitrogens with zero attached hydrogens (tertiary/aromatic N) is 2. The maximum absolute atomic E-state index is 12.0. The molecule has 0 aliphatic heterocycles. The minimum Gasteiger partial charge on any atom is -0.404 e. The van der Waals surface area contributed by atoms with E-state index in [1.54, 1.807) is 36.5 Å². The minimum absolute atomic E-state index is 0.234. The van der Waals surface area contributed by atoms with E-state index in [-0.39, 0.29) is 5.88 Å². The van der Waals surface area contributed by atoms with E-state index in [1.807, 2.05) is 36.4 Å². The largest absolute Gasteiger partial charge is 0.404 e. The molecule has 3 aromatic rings. The van der Waals surface area contributed by atoms with Crippen molar-refractivity contribution in [2.75, 3.05) is 0 Å². The van der Waals surface area contributed by atoms with Crippen LogP contribution in [-0.4, -0.2) is 15.9 Å². The summed E-state index contributed by atoms with van der Waals surface area (Å²) in [5.74, 6) is 0.319. The van der Waals surface area contributed by atoms with Gasteiger partial charge >= 0.3 is 5.97 Å². The van der Waals surface area contributed by atoms with E-state index in [4.69, 9.17) is 4.74 Å². The predicted molar refractivity (Wildman–Crippen MR) is 78.9 cm³/mol.